The number of aryl methyl sites for hydroxylation is 1. The predicted octanol–water partition coefficient (Wildman–Crippen LogP) is 2.64. The van der Waals surface area contributed by atoms with E-state index in [0.29, 0.717) is 22.2 Å². The molecule has 0 fully saturated rings. The number of carbonyl (C=O) groups is 2. The van der Waals surface area contributed by atoms with Gasteiger partial charge in [0.1, 0.15) is 17.9 Å². The van der Waals surface area contributed by atoms with Crippen LogP contribution in [0.2, 0.25) is 0 Å². The molecule has 0 spiro atoms. The number of nitrogens with zero attached hydrogens (tertiary/aromatic N) is 1. The normalized spacial score (nSPS) is 10.6. The van der Waals surface area contributed by atoms with E-state index in [4.69, 9.17) is 13.9 Å². The molecule has 2 aromatic heterocycles. The molecule has 0 radical (unpaired) electrons. The number of fused-ring (bicyclic) bond motifs is 1. The Hall–Kier alpha value is -3.20. The summed E-state index contributed by atoms with van der Waals surface area (Å²) in [7, 11) is 0. The molecule has 0 saturated carbocycles. The summed E-state index contributed by atoms with van der Waals surface area (Å²) in [5.41, 5.74) is 1.27. The van der Waals surface area contributed by atoms with Crippen LogP contribution in [0.4, 0.5) is 5.13 Å². The lowest BCUT2D eigenvalue weighted by Gasteiger charge is -2.07. The van der Waals surface area contributed by atoms with Gasteiger partial charge in [-0.2, -0.15) is 0 Å². The molecule has 3 aromatic rings. The van der Waals surface area contributed by atoms with Gasteiger partial charge in [-0.25, -0.2) is 14.6 Å². The van der Waals surface area contributed by atoms with Gasteiger partial charge in [0.2, 0.25) is 5.91 Å². The number of carbonyl (C=O) groups excluding carboxylic acids is 2. The first-order chi connectivity index (χ1) is 12.9. The Morgan fingerprint density at radius 1 is 1.30 bits per heavy atom. The maximum absolute atomic E-state index is 11.8. The van der Waals surface area contributed by atoms with Crippen molar-refractivity contribution < 1.29 is 23.5 Å². The molecule has 0 aliphatic carbocycles. The molecule has 0 aliphatic heterocycles. The van der Waals surface area contributed by atoms with Gasteiger partial charge in [-0.3, -0.25) is 4.79 Å². The lowest BCUT2D eigenvalue weighted by atomic mass is 10.1. The van der Waals surface area contributed by atoms with Crippen molar-refractivity contribution in [2.24, 2.45) is 0 Å². The van der Waals surface area contributed by atoms with E-state index in [1.807, 2.05) is 6.92 Å². The Kier molecular flexibility index (Phi) is 5.51. The van der Waals surface area contributed by atoms with Crippen LogP contribution in [0.15, 0.2) is 38.9 Å². The Morgan fingerprint density at radius 2 is 2.11 bits per heavy atom. The second-order valence-corrected chi connectivity index (χ2v) is 6.54. The van der Waals surface area contributed by atoms with Crippen LogP contribution in [-0.2, 0) is 20.9 Å². The molecule has 2 heterocycles. The van der Waals surface area contributed by atoms with Gasteiger partial charge in [0.25, 0.3) is 0 Å². The molecule has 0 bridgehead atoms. The summed E-state index contributed by atoms with van der Waals surface area (Å²) in [5, 5.41) is 5.48. The van der Waals surface area contributed by atoms with Gasteiger partial charge < -0.3 is 19.2 Å². The fourth-order valence-electron chi connectivity index (χ4n) is 2.31. The SMILES string of the molecule is CC(=O)Nc1nc(COC(=O)COc2ccc3c(C)cc(=O)oc3c2)cs1. The summed E-state index contributed by atoms with van der Waals surface area (Å²) in [5.74, 6) is -0.410. The molecule has 1 N–H and O–H groups in total. The van der Waals surface area contributed by atoms with E-state index in [1.54, 1.807) is 23.6 Å². The maximum atomic E-state index is 11.8. The third kappa shape index (κ3) is 4.91. The lowest BCUT2D eigenvalue weighted by molar-refractivity contribution is -0.147. The van der Waals surface area contributed by atoms with Gasteiger partial charge in [-0.05, 0) is 24.6 Å². The van der Waals surface area contributed by atoms with E-state index in [2.05, 4.69) is 10.3 Å². The Morgan fingerprint density at radius 3 is 2.89 bits per heavy atom. The lowest BCUT2D eigenvalue weighted by Crippen LogP contribution is -2.15. The number of anilines is 1. The van der Waals surface area contributed by atoms with E-state index < -0.39 is 11.6 Å². The first-order valence-corrected chi connectivity index (χ1v) is 8.83. The van der Waals surface area contributed by atoms with Gasteiger partial charge in [0, 0.05) is 29.8 Å². The highest BCUT2D eigenvalue weighted by Crippen LogP contribution is 2.22. The minimum Gasteiger partial charge on any atom is -0.482 e. The van der Waals surface area contributed by atoms with Crippen molar-refractivity contribution in [3.05, 3.63) is 51.3 Å². The molecule has 140 valence electrons. The number of ether oxygens (including phenoxy) is 2. The average Bonchev–Trinajstić information content (AvgIpc) is 3.04. The minimum atomic E-state index is -0.574. The summed E-state index contributed by atoms with van der Waals surface area (Å²) in [6.07, 6.45) is 0. The topological polar surface area (TPSA) is 108 Å². The van der Waals surface area contributed by atoms with Crippen LogP contribution in [0, 0.1) is 6.92 Å². The standard InChI is InChI=1S/C18H16N2O6S/c1-10-5-16(22)26-15-6-13(3-4-14(10)15)24-8-17(23)25-7-12-9-27-18(20-12)19-11(2)21/h3-6,9H,7-8H2,1-2H3,(H,19,20,21). The number of hydrogen-bond acceptors (Lipinski definition) is 8. The van der Waals surface area contributed by atoms with Crippen molar-refractivity contribution in [1.82, 2.24) is 4.98 Å². The predicted molar refractivity (Wildman–Crippen MR) is 98.9 cm³/mol. The summed E-state index contributed by atoms with van der Waals surface area (Å²) in [6.45, 7) is 2.87. The van der Waals surface area contributed by atoms with E-state index in [0.717, 1.165) is 10.9 Å². The molecule has 0 atom stereocenters. The van der Waals surface area contributed by atoms with Crippen molar-refractivity contribution in [3.63, 3.8) is 0 Å². The van der Waals surface area contributed by atoms with Crippen molar-refractivity contribution in [2.75, 3.05) is 11.9 Å². The average molecular weight is 388 g/mol. The van der Waals surface area contributed by atoms with Crippen LogP contribution in [-0.4, -0.2) is 23.5 Å². The van der Waals surface area contributed by atoms with Crippen molar-refractivity contribution in [1.29, 1.82) is 0 Å². The Bertz CT molecular complexity index is 1060. The van der Waals surface area contributed by atoms with Crippen LogP contribution in [0.25, 0.3) is 11.0 Å². The molecule has 1 amide bonds. The first kappa shape index (κ1) is 18.6. The van der Waals surface area contributed by atoms with Crippen LogP contribution in [0.5, 0.6) is 5.75 Å². The molecule has 0 unspecified atom stereocenters. The fraction of sp³-hybridized carbons (Fsp3) is 0.222. The van der Waals surface area contributed by atoms with Crippen LogP contribution >= 0.6 is 11.3 Å². The number of hydrogen-bond donors (Lipinski definition) is 1. The second kappa shape index (κ2) is 8.00. The molecular formula is C18H16N2O6S. The maximum Gasteiger partial charge on any atom is 0.344 e. The highest BCUT2D eigenvalue weighted by atomic mass is 32.1. The van der Waals surface area contributed by atoms with Gasteiger partial charge in [-0.15, -0.1) is 11.3 Å². The zero-order chi connectivity index (χ0) is 19.4. The quantitative estimate of drug-likeness (QED) is 0.511. The van der Waals surface area contributed by atoms with Crippen LogP contribution in [0.1, 0.15) is 18.2 Å². The monoisotopic (exact) mass is 388 g/mol. The van der Waals surface area contributed by atoms with Crippen molar-refractivity contribution >= 4 is 39.3 Å². The summed E-state index contributed by atoms with van der Waals surface area (Å²) in [4.78, 5) is 38.4. The Balaban J connectivity index is 1.54. The van der Waals surface area contributed by atoms with E-state index in [-0.39, 0.29) is 19.1 Å². The van der Waals surface area contributed by atoms with Gasteiger partial charge in [-0.1, -0.05) is 0 Å². The Labute approximate surface area is 157 Å². The van der Waals surface area contributed by atoms with Crippen LogP contribution in [0.3, 0.4) is 0 Å². The highest BCUT2D eigenvalue weighted by molar-refractivity contribution is 7.13. The zero-order valence-corrected chi connectivity index (χ0v) is 15.4. The summed E-state index contributed by atoms with van der Waals surface area (Å²) < 4.78 is 15.6. The van der Waals surface area contributed by atoms with Crippen molar-refractivity contribution in [3.8, 4) is 5.75 Å². The molecule has 1 aromatic carbocycles. The molecule has 9 heteroatoms. The van der Waals surface area contributed by atoms with Crippen molar-refractivity contribution in [2.45, 2.75) is 20.5 Å². The number of benzene rings is 1. The van der Waals surface area contributed by atoms with Crippen LogP contribution < -0.4 is 15.7 Å². The van der Waals surface area contributed by atoms with E-state index in [9.17, 15) is 14.4 Å². The van der Waals surface area contributed by atoms with Gasteiger partial charge in [0.05, 0.1) is 5.69 Å². The largest absolute Gasteiger partial charge is 0.482 e. The number of aromatic nitrogens is 1. The zero-order valence-electron chi connectivity index (χ0n) is 14.6. The minimum absolute atomic E-state index is 0.0237. The summed E-state index contributed by atoms with van der Waals surface area (Å²) in [6, 6.07) is 6.41. The number of nitrogens with one attached hydrogen (secondary N) is 1. The smallest absolute Gasteiger partial charge is 0.344 e. The molecule has 0 saturated heterocycles. The highest BCUT2D eigenvalue weighted by Gasteiger charge is 2.09. The third-order valence-corrected chi connectivity index (χ3v) is 4.30. The third-order valence-electron chi connectivity index (χ3n) is 3.50. The fourth-order valence-corrected chi connectivity index (χ4v) is 3.06. The molecule has 8 nitrogen and oxygen atoms in total. The second-order valence-electron chi connectivity index (χ2n) is 5.68. The van der Waals surface area contributed by atoms with E-state index >= 15 is 0 Å². The summed E-state index contributed by atoms with van der Waals surface area (Å²) >= 11 is 1.24. The number of esters is 1. The van der Waals surface area contributed by atoms with Gasteiger partial charge in [0.15, 0.2) is 11.7 Å². The van der Waals surface area contributed by atoms with E-state index in [1.165, 1.54) is 24.3 Å². The molecule has 3 rings (SSSR count). The molecule has 0 aliphatic rings. The number of rotatable bonds is 6. The first-order valence-electron chi connectivity index (χ1n) is 7.95. The van der Waals surface area contributed by atoms with Gasteiger partial charge >= 0.3 is 11.6 Å². The number of amides is 1. The number of thiazole rings is 1. The molecule has 27 heavy (non-hydrogen) atoms. The molecular weight excluding hydrogens is 372 g/mol.